The number of ether oxygens (including phenoxy) is 1. The normalized spacial score (nSPS) is 17.3. The molecule has 2 rings (SSSR count). The monoisotopic (exact) mass is 253 g/mol. The fraction of sp³-hybridized carbons (Fsp3) is 0.500. The van der Waals surface area contributed by atoms with Crippen molar-refractivity contribution in [1.29, 1.82) is 0 Å². The van der Waals surface area contributed by atoms with Gasteiger partial charge in [0, 0.05) is 0 Å². The van der Waals surface area contributed by atoms with E-state index in [9.17, 15) is 9.59 Å². The SMILES string of the molecule is Cc1cc(C(=O)N2CC(C)(OCC(=O)O)C2)co1. The number of carboxylic acid groups (broad SMARTS) is 1. The van der Waals surface area contributed by atoms with E-state index in [2.05, 4.69) is 0 Å². The van der Waals surface area contributed by atoms with Gasteiger partial charge >= 0.3 is 5.97 Å². The molecule has 1 amide bonds. The Morgan fingerprint density at radius 2 is 2.22 bits per heavy atom. The van der Waals surface area contributed by atoms with Crippen LogP contribution in [-0.4, -0.2) is 47.2 Å². The molecule has 98 valence electrons. The molecule has 0 aromatic carbocycles. The van der Waals surface area contributed by atoms with Crippen molar-refractivity contribution in [3.8, 4) is 0 Å². The van der Waals surface area contributed by atoms with Gasteiger partial charge in [-0.15, -0.1) is 0 Å². The third-order valence-corrected chi connectivity index (χ3v) is 2.86. The Labute approximate surface area is 104 Å². The van der Waals surface area contributed by atoms with E-state index in [1.165, 1.54) is 6.26 Å². The van der Waals surface area contributed by atoms with Crippen LogP contribution in [0.25, 0.3) is 0 Å². The molecule has 0 bridgehead atoms. The van der Waals surface area contributed by atoms with Gasteiger partial charge in [-0.25, -0.2) is 4.79 Å². The van der Waals surface area contributed by atoms with Crippen LogP contribution >= 0.6 is 0 Å². The van der Waals surface area contributed by atoms with Gasteiger partial charge in [-0.2, -0.15) is 0 Å². The number of carbonyl (C=O) groups is 2. The van der Waals surface area contributed by atoms with Gasteiger partial charge in [0.05, 0.1) is 18.7 Å². The number of hydrogen-bond acceptors (Lipinski definition) is 4. The van der Waals surface area contributed by atoms with E-state index in [1.54, 1.807) is 24.8 Å². The number of furan rings is 1. The Kier molecular flexibility index (Phi) is 3.13. The lowest BCUT2D eigenvalue weighted by Crippen LogP contribution is -2.63. The Bertz CT molecular complexity index is 473. The molecule has 18 heavy (non-hydrogen) atoms. The van der Waals surface area contributed by atoms with Crippen molar-refractivity contribution in [1.82, 2.24) is 4.90 Å². The van der Waals surface area contributed by atoms with Crippen molar-refractivity contribution >= 4 is 11.9 Å². The summed E-state index contributed by atoms with van der Waals surface area (Å²) in [6.07, 6.45) is 1.42. The van der Waals surface area contributed by atoms with Crippen molar-refractivity contribution in [3.63, 3.8) is 0 Å². The molecule has 0 radical (unpaired) electrons. The highest BCUT2D eigenvalue weighted by Gasteiger charge is 2.43. The zero-order chi connectivity index (χ0) is 13.3. The summed E-state index contributed by atoms with van der Waals surface area (Å²) >= 11 is 0. The fourth-order valence-electron chi connectivity index (χ4n) is 1.97. The Hall–Kier alpha value is -1.82. The van der Waals surface area contributed by atoms with Gasteiger partial charge in [0.25, 0.3) is 5.91 Å². The molecule has 1 aromatic heterocycles. The van der Waals surface area contributed by atoms with Crippen LogP contribution in [0.3, 0.4) is 0 Å². The predicted octanol–water partition coefficient (Wildman–Crippen LogP) is 0.904. The van der Waals surface area contributed by atoms with Crippen LogP contribution in [0.4, 0.5) is 0 Å². The van der Waals surface area contributed by atoms with Crippen LogP contribution in [0.15, 0.2) is 16.7 Å². The molecule has 0 saturated carbocycles. The van der Waals surface area contributed by atoms with Crippen LogP contribution in [0.5, 0.6) is 0 Å². The molecule has 1 saturated heterocycles. The van der Waals surface area contributed by atoms with Gasteiger partial charge in [-0.3, -0.25) is 4.79 Å². The second-order valence-electron chi connectivity index (χ2n) is 4.74. The average Bonchev–Trinajstić information content (AvgIpc) is 2.68. The summed E-state index contributed by atoms with van der Waals surface area (Å²) < 4.78 is 10.3. The highest BCUT2D eigenvalue weighted by molar-refractivity contribution is 5.94. The molecule has 0 aliphatic carbocycles. The van der Waals surface area contributed by atoms with Crippen molar-refractivity contribution < 1.29 is 23.8 Å². The molecule has 6 heteroatoms. The summed E-state index contributed by atoms with van der Waals surface area (Å²) in [5.41, 5.74) is -0.0555. The van der Waals surface area contributed by atoms with E-state index in [0.717, 1.165) is 0 Å². The maximum Gasteiger partial charge on any atom is 0.329 e. The number of carbonyl (C=O) groups excluding carboxylic acids is 1. The molecule has 1 aliphatic heterocycles. The summed E-state index contributed by atoms with van der Waals surface area (Å²) in [5.74, 6) is -0.446. The summed E-state index contributed by atoms with van der Waals surface area (Å²) in [4.78, 5) is 24.0. The number of aliphatic carboxylic acids is 1. The van der Waals surface area contributed by atoms with Crippen LogP contribution in [0, 0.1) is 6.92 Å². The maximum absolute atomic E-state index is 12.0. The third kappa shape index (κ3) is 2.53. The first-order chi connectivity index (χ1) is 8.39. The molecule has 0 spiro atoms. The number of rotatable bonds is 4. The molecule has 1 aliphatic rings. The Balaban J connectivity index is 1.88. The van der Waals surface area contributed by atoms with E-state index in [4.69, 9.17) is 14.3 Å². The second kappa shape index (κ2) is 4.45. The molecular weight excluding hydrogens is 238 g/mol. The average molecular weight is 253 g/mol. The topological polar surface area (TPSA) is 80.0 Å². The number of aryl methyl sites for hydroxylation is 1. The zero-order valence-corrected chi connectivity index (χ0v) is 10.3. The Morgan fingerprint density at radius 1 is 1.56 bits per heavy atom. The molecule has 1 aromatic rings. The first-order valence-electron chi connectivity index (χ1n) is 5.60. The highest BCUT2D eigenvalue weighted by Crippen LogP contribution is 2.26. The lowest BCUT2D eigenvalue weighted by molar-refractivity contribution is -0.159. The van der Waals surface area contributed by atoms with Gasteiger partial charge in [0.1, 0.15) is 24.2 Å². The zero-order valence-electron chi connectivity index (χ0n) is 10.3. The number of likely N-dealkylation sites (tertiary alicyclic amines) is 1. The molecular formula is C12H15NO5. The number of carboxylic acids is 1. The van der Waals surface area contributed by atoms with Crippen molar-refractivity contribution in [3.05, 3.63) is 23.7 Å². The van der Waals surface area contributed by atoms with Gasteiger partial charge < -0.3 is 19.2 Å². The summed E-state index contributed by atoms with van der Waals surface area (Å²) in [7, 11) is 0. The van der Waals surface area contributed by atoms with Crippen LogP contribution in [0.2, 0.25) is 0 Å². The molecule has 1 fully saturated rings. The first-order valence-corrected chi connectivity index (χ1v) is 5.60. The van der Waals surface area contributed by atoms with Crippen LogP contribution in [-0.2, 0) is 9.53 Å². The van der Waals surface area contributed by atoms with E-state index < -0.39 is 11.6 Å². The third-order valence-electron chi connectivity index (χ3n) is 2.86. The van der Waals surface area contributed by atoms with Crippen LogP contribution in [0.1, 0.15) is 23.0 Å². The lowest BCUT2D eigenvalue weighted by atomic mass is 9.95. The van der Waals surface area contributed by atoms with E-state index >= 15 is 0 Å². The lowest BCUT2D eigenvalue weighted by Gasteiger charge is -2.47. The predicted molar refractivity (Wildman–Crippen MR) is 61.3 cm³/mol. The summed E-state index contributed by atoms with van der Waals surface area (Å²) in [5, 5.41) is 8.53. The first kappa shape index (κ1) is 12.6. The number of amides is 1. The summed E-state index contributed by atoms with van der Waals surface area (Å²) in [6, 6.07) is 1.68. The molecule has 2 heterocycles. The fourth-order valence-corrected chi connectivity index (χ4v) is 1.97. The van der Waals surface area contributed by atoms with Crippen molar-refractivity contribution in [2.24, 2.45) is 0 Å². The van der Waals surface area contributed by atoms with Crippen molar-refractivity contribution in [2.75, 3.05) is 19.7 Å². The molecule has 1 N–H and O–H groups in total. The van der Waals surface area contributed by atoms with Gasteiger partial charge in [0.2, 0.25) is 0 Å². The van der Waals surface area contributed by atoms with Crippen molar-refractivity contribution in [2.45, 2.75) is 19.4 Å². The molecule has 0 unspecified atom stereocenters. The largest absolute Gasteiger partial charge is 0.480 e. The summed E-state index contributed by atoms with van der Waals surface area (Å²) in [6.45, 7) is 4.00. The number of nitrogens with zero attached hydrogens (tertiary/aromatic N) is 1. The smallest absolute Gasteiger partial charge is 0.329 e. The van der Waals surface area contributed by atoms with E-state index in [-0.39, 0.29) is 12.5 Å². The van der Waals surface area contributed by atoms with Gasteiger partial charge in [-0.05, 0) is 19.9 Å². The van der Waals surface area contributed by atoms with E-state index in [1.807, 2.05) is 0 Å². The number of hydrogen-bond donors (Lipinski definition) is 1. The highest BCUT2D eigenvalue weighted by atomic mass is 16.5. The molecule has 6 nitrogen and oxygen atoms in total. The minimum absolute atomic E-state index is 0.122. The van der Waals surface area contributed by atoms with E-state index in [0.29, 0.717) is 24.4 Å². The standard InChI is InChI=1S/C12H15NO5/c1-8-3-9(4-17-8)11(16)13-6-12(2,7-13)18-5-10(14)15/h3-4H,5-7H2,1-2H3,(H,14,15). The quantitative estimate of drug-likeness (QED) is 0.862. The Morgan fingerprint density at radius 3 is 2.72 bits per heavy atom. The maximum atomic E-state index is 12.0. The second-order valence-corrected chi connectivity index (χ2v) is 4.74. The van der Waals surface area contributed by atoms with Gasteiger partial charge in [0.15, 0.2) is 0 Å². The minimum Gasteiger partial charge on any atom is -0.480 e. The van der Waals surface area contributed by atoms with Gasteiger partial charge in [-0.1, -0.05) is 0 Å². The minimum atomic E-state index is -1.01. The van der Waals surface area contributed by atoms with Crippen LogP contribution < -0.4 is 0 Å². The molecule has 0 atom stereocenters.